The van der Waals surface area contributed by atoms with E-state index in [4.69, 9.17) is 0 Å². The van der Waals surface area contributed by atoms with E-state index in [9.17, 15) is 5.11 Å². The lowest BCUT2D eigenvalue weighted by atomic mass is 9.84. The molecule has 0 saturated carbocycles. The quantitative estimate of drug-likeness (QED) is 0.630. The molecule has 0 amide bonds. The van der Waals surface area contributed by atoms with E-state index in [2.05, 4.69) is 19.2 Å². The second kappa shape index (κ2) is 3.11. The summed E-state index contributed by atoms with van der Waals surface area (Å²) in [5.74, 6) is 0.332. The minimum atomic E-state index is -0.531. The SMILES string of the molecule is CC(C)[C@@](C)(O)[C@@H]1CCCN1. The highest BCUT2D eigenvalue weighted by molar-refractivity contribution is 4.93. The lowest BCUT2D eigenvalue weighted by Crippen LogP contribution is -2.49. The molecule has 0 spiro atoms. The summed E-state index contributed by atoms with van der Waals surface area (Å²) in [4.78, 5) is 0. The van der Waals surface area contributed by atoms with Gasteiger partial charge < -0.3 is 10.4 Å². The molecule has 2 nitrogen and oxygen atoms in total. The van der Waals surface area contributed by atoms with Crippen LogP contribution >= 0.6 is 0 Å². The lowest BCUT2D eigenvalue weighted by molar-refractivity contribution is -0.0168. The van der Waals surface area contributed by atoms with Gasteiger partial charge in [0.25, 0.3) is 0 Å². The van der Waals surface area contributed by atoms with Crippen molar-refractivity contribution in [2.24, 2.45) is 5.92 Å². The molecule has 0 unspecified atom stereocenters. The molecule has 1 heterocycles. The van der Waals surface area contributed by atoms with Gasteiger partial charge in [-0.25, -0.2) is 0 Å². The summed E-state index contributed by atoms with van der Waals surface area (Å²) >= 11 is 0. The lowest BCUT2D eigenvalue weighted by Gasteiger charge is -2.34. The molecule has 2 N–H and O–H groups in total. The second-order valence-electron chi connectivity index (χ2n) is 4.03. The van der Waals surface area contributed by atoms with Crippen LogP contribution in [0, 0.1) is 5.92 Å². The molecule has 1 aliphatic rings. The molecule has 0 aromatic heterocycles. The highest BCUT2D eigenvalue weighted by Crippen LogP contribution is 2.25. The van der Waals surface area contributed by atoms with Gasteiger partial charge in [-0.15, -0.1) is 0 Å². The summed E-state index contributed by atoms with van der Waals surface area (Å²) in [5.41, 5.74) is -0.531. The molecule has 2 atom stereocenters. The zero-order valence-corrected chi connectivity index (χ0v) is 7.72. The Morgan fingerprint density at radius 1 is 1.55 bits per heavy atom. The molecular formula is C9H19NO. The fourth-order valence-electron chi connectivity index (χ4n) is 1.59. The van der Waals surface area contributed by atoms with E-state index in [1.165, 1.54) is 6.42 Å². The van der Waals surface area contributed by atoms with E-state index in [-0.39, 0.29) is 0 Å². The van der Waals surface area contributed by atoms with Crippen molar-refractivity contribution in [1.29, 1.82) is 0 Å². The van der Waals surface area contributed by atoms with Crippen LogP contribution in [0.3, 0.4) is 0 Å². The Morgan fingerprint density at radius 3 is 2.55 bits per heavy atom. The largest absolute Gasteiger partial charge is 0.388 e. The van der Waals surface area contributed by atoms with Gasteiger partial charge in [-0.1, -0.05) is 13.8 Å². The van der Waals surface area contributed by atoms with Gasteiger partial charge in [-0.2, -0.15) is 0 Å². The fraction of sp³-hybridized carbons (Fsp3) is 1.00. The van der Waals surface area contributed by atoms with Gasteiger partial charge in [-0.3, -0.25) is 0 Å². The maximum Gasteiger partial charge on any atom is 0.0794 e. The van der Waals surface area contributed by atoms with Crippen LogP contribution in [0.4, 0.5) is 0 Å². The van der Waals surface area contributed by atoms with Gasteiger partial charge in [0.1, 0.15) is 0 Å². The Balaban J connectivity index is 2.55. The van der Waals surface area contributed by atoms with Crippen LogP contribution in [0.15, 0.2) is 0 Å². The monoisotopic (exact) mass is 157 g/mol. The number of aliphatic hydroxyl groups is 1. The maximum atomic E-state index is 10.0. The zero-order chi connectivity index (χ0) is 8.48. The Bertz CT molecular complexity index is 126. The van der Waals surface area contributed by atoms with Crippen molar-refractivity contribution < 1.29 is 5.11 Å². The van der Waals surface area contributed by atoms with Gasteiger partial charge in [0.2, 0.25) is 0 Å². The minimum absolute atomic E-state index is 0.308. The van der Waals surface area contributed by atoms with E-state index in [0.717, 1.165) is 13.0 Å². The average Bonchev–Trinajstić information content (AvgIpc) is 2.37. The molecule has 0 aromatic rings. The third-order valence-electron chi connectivity index (χ3n) is 2.93. The Kier molecular flexibility index (Phi) is 2.55. The molecule has 11 heavy (non-hydrogen) atoms. The third-order valence-corrected chi connectivity index (χ3v) is 2.93. The van der Waals surface area contributed by atoms with E-state index < -0.39 is 5.60 Å². The second-order valence-corrected chi connectivity index (χ2v) is 4.03. The van der Waals surface area contributed by atoms with Crippen molar-refractivity contribution in [2.75, 3.05) is 6.54 Å². The minimum Gasteiger partial charge on any atom is -0.388 e. The third kappa shape index (κ3) is 1.74. The van der Waals surface area contributed by atoms with Gasteiger partial charge in [0.05, 0.1) is 5.60 Å². The summed E-state index contributed by atoms with van der Waals surface area (Å²) in [6.45, 7) is 7.13. The number of rotatable bonds is 2. The molecule has 0 radical (unpaired) electrons. The van der Waals surface area contributed by atoms with E-state index >= 15 is 0 Å². The smallest absolute Gasteiger partial charge is 0.0794 e. The summed E-state index contributed by atoms with van der Waals surface area (Å²) in [6.07, 6.45) is 2.32. The first kappa shape index (κ1) is 9.01. The van der Waals surface area contributed by atoms with Crippen molar-refractivity contribution >= 4 is 0 Å². The Morgan fingerprint density at radius 2 is 2.18 bits per heavy atom. The van der Waals surface area contributed by atoms with Crippen LogP contribution in [0.5, 0.6) is 0 Å². The first-order chi connectivity index (χ1) is 5.05. The first-order valence-corrected chi connectivity index (χ1v) is 4.51. The molecule has 1 aliphatic heterocycles. The maximum absolute atomic E-state index is 10.0. The van der Waals surface area contributed by atoms with Crippen molar-refractivity contribution in [3.05, 3.63) is 0 Å². The number of hydrogen-bond donors (Lipinski definition) is 2. The average molecular weight is 157 g/mol. The standard InChI is InChI=1S/C9H19NO/c1-7(2)9(3,11)8-5-4-6-10-8/h7-8,10-11H,4-6H2,1-3H3/t8-,9+/m0/s1. The summed E-state index contributed by atoms with van der Waals surface area (Å²) in [6, 6.07) is 0.308. The van der Waals surface area contributed by atoms with Gasteiger partial charge >= 0.3 is 0 Å². The van der Waals surface area contributed by atoms with Gasteiger partial charge in [0, 0.05) is 6.04 Å². The summed E-state index contributed by atoms with van der Waals surface area (Å²) < 4.78 is 0. The van der Waals surface area contributed by atoms with Crippen LogP contribution in [-0.4, -0.2) is 23.3 Å². The predicted octanol–water partition coefficient (Wildman–Crippen LogP) is 1.15. The van der Waals surface area contributed by atoms with Crippen molar-refractivity contribution in [1.82, 2.24) is 5.32 Å². The molecule has 1 fully saturated rings. The Hall–Kier alpha value is -0.0800. The summed E-state index contributed by atoms with van der Waals surface area (Å²) in [7, 11) is 0. The van der Waals surface area contributed by atoms with Crippen molar-refractivity contribution in [3.8, 4) is 0 Å². The molecule has 0 aromatic carbocycles. The molecule has 2 heteroatoms. The number of hydrogen-bond acceptors (Lipinski definition) is 2. The predicted molar refractivity (Wildman–Crippen MR) is 46.5 cm³/mol. The molecule has 1 rings (SSSR count). The van der Waals surface area contributed by atoms with E-state index in [1.807, 2.05) is 6.92 Å². The molecule has 1 saturated heterocycles. The Labute approximate surface area is 69.0 Å². The fourth-order valence-corrected chi connectivity index (χ4v) is 1.59. The first-order valence-electron chi connectivity index (χ1n) is 4.51. The van der Waals surface area contributed by atoms with Gasteiger partial charge in [-0.05, 0) is 32.2 Å². The number of nitrogens with one attached hydrogen (secondary N) is 1. The van der Waals surface area contributed by atoms with Crippen LogP contribution in [-0.2, 0) is 0 Å². The zero-order valence-electron chi connectivity index (χ0n) is 7.72. The van der Waals surface area contributed by atoms with Gasteiger partial charge in [0.15, 0.2) is 0 Å². The summed E-state index contributed by atoms with van der Waals surface area (Å²) in [5, 5.41) is 13.4. The van der Waals surface area contributed by atoms with Crippen LogP contribution in [0.2, 0.25) is 0 Å². The molecule has 0 aliphatic carbocycles. The highest BCUT2D eigenvalue weighted by Gasteiger charge is 2.36. The molecule has 66 valence electrons. The van der Waals surface area contributed by atoms with Crippen LogP contribution in [0.25, 0.3) is 0 Å². The van der Waals surface area contributed by atoms with E-state index in [0.29, 0.717) is 12.0 Å². The van der Waals surface area contributed by atoms with Crippen molar-refractivity contribution in [2.45, 2.75) is 45.3 Å². The van der Waals surface area contributed by atoms with E-state index in [1.54, 1.807) is 0 Å². The molecule has 0 bridgehead atoms. The van der Waals surface area contributed by atoms with Crippen molar-refractivity contribution in [3.63, 3.8) is 0 Å². The topological polar surface area (TPSA) is 32.3 Å². The highest BCUT2D eigenvalue weighted by atomic mass is 16.3. The normalized spacial score (nSPS) is 30.8. The van der Waals surface area contributed by atoms with Crippen LogP contribution in [0.1, 0.15) is 33.6 Å². The molecular weight excluding hydrogens is 138 g/mol. The van der Waals surface area contributed by atoms with Crippen LogP contribution < -0.4 is 5.32 Å².